The molecule has 0 fully saturated rings. The van der Waals surface area contributed by atoms with E-state index in [-0.39, 0.29) is 12.5 Å². The van der Waals surface area contributed by atoms with Crippen molar-refractivity contribution in [1.29, 1.82) is 0 Å². The van der Waals surface area contributed by atoms with Crippen molar-refractivity contribution in [2.24, 2.45) is 0 Å². The van der Waals surface area contributed by atoms with Gasteiger partial charge in [0.2, 0.25) is 5.88 Å². The van der Waals surface area contributed by atoms with Gasteiger partial charge in [0.05, 0.1) is 13.7 Å². The molecule has 3 rings (SSSR count). The van der Waals surface area contributed by atoms with Gasteiger partial charge in [-0.1, -0.05) is 12.1 Å². The maximum atomic E-state index is 13.4. The largest absolute Gasteiger partial charge is 0.493 e. The van der Waals surface area contributed by atoms with E-state index in [4.69, 9.17) is 14.2 Å². The molecule has 0 spiro atoms. The summed E-state index contributed by atoms with van der Waals surface area (Å²) < 4.78 is 29.8. The molecule has 150 valence electrons. The summed E-state index contributed by atoms with van der Waals surface area (Å²) >= 11 is 0. The number of halogens is 1. The summed E-state index contributed by atoms with van der Waals surface area (Å²) in [5, 5.41) is 2.83. The number of hydrogen-bond donors (Lipinski definition) is 1. The van der Waals surface area contributed by atoms with Gasteiger partial charge in [-0.05, 0) is 43.3 Å². The first-order chi connectivity index (χ1) is 14.1. The Morgan fingerprint density at radius 2 is 1.97 bits per heavy atom. The number of benzene rings is 2. The Morgan fingerprint density at radius 3 is 2.72 bits per heavy atom. The lowest BCUT2D eigenvalue weighted by atomic mass is 10.1. The molecular formula is C22H21FN2O4. The smallest absolute Gasteiger partial charge is 0.251 e. The number of nitrogens with zero attached hydrogens (tertiary/aromatic N) is 1. The standard InChI is InChI=1S/C22H21FN2O4/c1-3-28-20-12-15(9-10-19(20)27-2)21(26)25-14-16-6-5-11-24-22(16)29-18-8-4-7-17(23)13-18/h4-13H,3,14H2,1-2H3,(H,25,26). The average Bonchev–Trinajstić information content (AvgIpc) is 2.73. The van der Waals surface area contributed by atoms with Crippen molar-refractivity contribution in [2.45, 2.75) is 13.5 Å². The van der Waals surface area contributed by atoms with Crippen LogP contribution < -0.4 is 19.5 Å². The minimum atomic E-state index is -0.405. The number of methoxy groups -OCH3 is 1. The fraction of sp³-hybridized carbons (Fsp3) is 0.182. The first-order valence-electron chi connectivity index (χ1n) is 9.07. The Bertz CT molecular complexity index is 994. The molecule has 1 aromatic heterocycles. The van der Waals surface area contributed by atoms with Crippen molar-refractivity contribution in [1.82, 2.24) is 10.3 Å². The molecule has 0 saturated heterocycles. The molecule has 2 aromatic carbocycles. The quantitative estimate of drug-likeness (QED) is 0.613. The van der Waals surface area contributed by atoms with E-state index in [1.165, 1.54) is 12.1 Å². The van der Waals surface area contributed by atoms with E-state index in [0.29, 0.717) is 40.9 Å². The summed E-state index contributed by atoms with van der Waals surface area (Å²) in [6.07, 6.45) is 1.57. The normalized spacial score (nSPS) is 10.3. The number of rotatable bonds is 8. The third kappa shape index (κ3) is 5.22. The number of ether oxygens (including phenoxy) is 3. The zero-order valence-corrected chi connectivity index (χ0v) is 16.1. The van der Waals surface area contributed by atoms with Gasteiger partial charge in [0.1, 0.15) is 11.6 Å². The SMILES string of the molecule is CCOc1cc(C(=O)NCc2cccnc2Oc2cccc(F)c2)ccc1OC. The molecule has 0 aliphatic carbocycles. The van der Waals surface area contributed by atoms with Gasteiger partial charge >= 0.3 is 0 Å². The van der Waals surface area contributed by atoms with Crippen molar-refractivity contribution in [3.63, 3.8) is 0 Å². The zero-order valence-electron chi connectivity index (χ0n) is 16.1. The molecule has 6 nitrogen and oxygen atoms in total. The Morgan fingerprint density at radius 1 is 1.10 bits per heavy atom. The highest BCUT2D eigenvalue weighted by Crippen LogP contribution is 2.28. The first-order valence-corrected chi connectivity index (χ1v) is 9.07. The van der Waals surface area contributed by atoms with Crippen LogP contribution in [-0.2, 0) is 6.54 Å². The van der Waals surface area contributed by atoms with E-state index in [2.05, 4.69) is 10.3 Å². The van der Waals surface area contributed by atoms with Gasteiger partial charge < -0.3 is 19.5 Å². The second-order valence-electron chi connectivity index (χ2n) is 6.01. The topological polar surface area (TPSA) is 69.7 Å². The second-order valence-corrected chi connectivity index (χ2v) is 6.01. The Kier molecular flexibility index (Phi) is 6.63. The van der Waals surface area contributed by atoms with Gasteiger partial charge in [-0.3, -0.25) is 4.79 Å². The number of hydrogen-bond acceptors (Lipinski definition) is 5. The van der Waals surface area contributed by atoms with Crippen LogP contribution in [0.1, 0.15) is 22.8 Å². The number of amides is 1. The Balaban J connectivity index is 1.71. The molecule has 0 saturated carbocycles. The van der Waals surface area contributed by atoms with Crippen LogP contribution in [0.3, 0.4) is 0 Å². The number of nitrogens with one attached hydrogen (secondary N) is 1. The number of carbonyl (C=O) groups excluding carboxylic acids is 1. The van der Waals surface area contributed by atoms with Crippen LogP contribution >= 0.6 is 0 Å². The van der Waals surface area contributed by atoms with Crippen LogP contribution in [0.4, 0.5) is 4.39 Å². The van der Waals surface area contributed by atoms with Crippen molar-refractivity contribution >= 4 is 5.91 Å². The zero-order chi connectivity index (χ0) is 20.6. The van der Waals surface area contributed by atoms with Crippen LogP contribution in [-0.4, -0.2) is 24.6 Å². The van der Waals surface area contributed by atoms with E-state index in [0.717, 1.165) is 0 Å². The highest BCUT2D eigenvalue weighted by Gasteiger charge is 2.13. The van der Waals surface area contributed by atoms with Crippen molar-refractivity contribution < 1.29 is 23.4 Å². The maximum Gasteiger partial charge on any atom is 0.251 e. The molecule has 0 aliphatic heterocycles. The predicted octanol–water partition coefficient (Wildman–Crippen LogP) is 4.35. The minimum absolute atomic E-state index is 0.188. The molecule has 7 heteroatoms. The summed E-state index contributed by atoms with van der Waals surface area (Å²) in [6.45, 7) is 2.50. The molecule has 0 atom stereocenters. The summed E-state index contributed by atoms with van der Waals surface area (Å²) in [4.78, 5) is 16.8. The molecule has 29 heavy (non-hydrogen) atoms. The summed E-state index contributed by atoms with van der Waals surface area (Å²) in [5.74, 6) is 0.989. The fourth-order valence-corrected chi connectivity index (χ4v) is 2.66. The lowest BCUT2D eigenvalue weighted by molar-refractivity contribution is 0.0950. The molecule has 0 bridgehead atoms. The highest BCUT2D eigenvalue weighted by molar-refractivity contribution is 5.94. The third-order valence-electron chi connectivity index (χ3n) is 4.03. The molecule has 1 amide bonds. The summed E-state index contributed by atoms with van der Waals surface area (Å²) in [5.41, 5.74) is 1.09. The molecule has 0 unspecified atom stereocenters. The number of pyridine rings is 1. The van der Waals surface area contributed by atoms with E-state index in [1.807, 2.05) is 6.92 Å². The van der Waals surface area contributed by atoms with Gasteiger partial charge in [-0.25, -0.2) is 9.37 Å². The summed E-state index contributed by atoms with van der Waals surface area (Å²) in [7, 11) is 1.54. The predicted molar refractivity (Wildman–Crippen MR) is 106 cm³/mol. The third-order valence-corrected chi connectivity index (χ3v) is 4.03. The molecule has 0 radical (unpaired) electrons. The van der Waals surface area contributed by atoms with Crippen LogP contribution in [0.5, 0.6) is 23.1 Å². The van der Waals surface area contributed by atoms with Gasteiger partial charge in [0.15, 0.2) is 11.5 Å². The van der Waals surface area contributed by atoms with Gasteiger partial charge in [-0.2, -0.15) is 0 Å². The Hall–Kier alpha value is -3.61. The lowest BCUT2D eigenvalue weighted by Gasteiger charge is -2.13. The average molecular weight is 396 g/mol. The van der Waals surface area contributed by atoms with Crippen LogP contribution in [0.25, 0.3) is 0 Å². The second kappa shape index (κ2) is 9.54. The van der Waals surface area contributed by atoms with Gasteiger partial charge in [-0.15, -0.1) is 0 Å². The number of aromatic nitrogens is 1. The van der Waals surface area contributed by atoms with Crippen molar-refractivity contribution in [2.75, 3.05) is 13.7 Å². The van der Waals surface area contributed by atoms with Crippen LogP contribution in [0.15, 0.2) is 60.8 Å². The fourth-order valence-electron chi connectivity index (χ4n) is 2.66. The monoisotopic (exact) mass is 396 g/mol. The lowest BCUT2D eigenvalue weighted by Crippen LogP contribution is -2.23. The van der Waals surface area contributed by atoms with Crippen molar-refractivity contribution in [3.05, 3.63) is 77.7 Å². The van der Waals surface area contributed by atoms with Crippen molar-refractivity contribution in [3.8, 4) is 23.1 Å². The van der Waals surface area contributed by atoms with Gasteiger partial charge in [0, 0.05) is 29.9 Å². The Labute approximate surface area is 168 Å². The molecule has 0 aliphatic rings. The molecule has 1 N–H and O–H groups in total. The van der Waals surface area contributed by atoms with E-state index in [1.54, 1.807) is 55.8 Å². The van der Waals surface area contributed by atoms with Gasteiger partial charge in [0.25, 0.3) is 5.91 Å². The summed E-state index contributed by atoms with van der Waals surface area (Å²) in [6, 6.07) is 14.3. The van der Waals surface area contributed by atoms with Crippen LogP contribution in [0.2, 0.25) is 0 Å². The molecule has 1 heterocycles. The van der Waals surface area contributed by atoms with E-state index >= 15 is 0 Å². The highest BCUT2D eigenvalue weighted by atomic mass is 19.1. The number of carbonyl (C=O) groups is 1. The van der Waals surface area contributed by atoms with E-state index in [9.17, 15) is 9.18 Å². The van der Waals surface area contributed by atoms with E-state index < -0.39 is 5.82 Å². The minimum Gasteiger partial charge on any atom is -0.493 e. The van der Waals surface area contributed by atoms with Crippen LogP contribution in [0, 0.1) is 5.82 Å². The maximum absolute atomic E-state index is 13.4. The first kappa shape index (κ1) is 20.1. The molecular weight excluding hydrogens is 375 g/mol. The molecule has 3 aromatic rings.